The molecule has 1 saturated heterocycles. The largest absolute Gasteiger partial charge is 0.481 e. The predicted octanol–water partition coefficient (Wildman–Crippen LogP) is -2.13. The van der Waals surface area contributed by atoms with E-state index >= 15 is 0 Å². The number of hydrogen-bond acceptors (Lipinski definition) is 7. The van der Waals surface area contributed by atoms with Crippen LogP contribution in [-0.4, -0.2) is 87.2 Å². The molecule has 0 aromatic carbocycles. The number of hydrogen-bond donors (Lipinski definition) is 6. The van der Waals surface area contributed by atoms with Crippen molar-refractivity contribution in [1.82, 2.24) is 15.5 Å². The fourth-order valence-corrected chi connectivity index (χ4v) is 3.11. The minimum atomic E-state index is -1.53. The van der Waals surface area contributed by atoms with Gasteiger partial charge in [0.25, 0.3) is 0 Å². The van der Waals surface area contributed by atoms with E-state index in [4.69, 9.17) is 21.1 Å². The molecule has 0 aliphatic carbocycles. The molecule has 0 aromatic heterocycles. The average molecular weight is 430 g/mol. The molecule has 3 amide bonds. The van der Waals surface area contributed by atoms with Crippen LogP contribution in [0.15, 0.2) is 0 Å². The minimum absolute atomic E-state index is 0.136. The molecule has 0 spiro atoms. The average Bonchev–Trinajstić information content (AvgIpc) is 3.18. The number of carboxylic acid groups (broad SMARTS) is 2. The van der Waals surface area contributed by atoms with Gasteiger partial charge in [-0.15, -0.1) is 0 Å². The van der Waals surface area contributed by atoms with Crippen LogP contribution in [0.25, 0.3) is 0 Å². The Bertz CT molecular complexity index is 671. The smallest absolute Gasteiger partial charge is 0.328 e. The first-order valence-corrected chi connectivity index (χ1v) is 9.75. The summed E-state index contributed by atoms with van der Waals surface area (Å²) in [5.41, 5.74) is 5.85. The van der Waals surface area contributed by atoms with Gasteiger partial charge in [0.1, 0.15) is 18.1 Å². The number of aliphatic hydroxyl groups excluding tert-OH is 1. The summed E-state index contributed by atoms with van der Waals surface area (Å²) in [4.78, 5) is 61.1. The van der Waals surface area contributed by atoms with Gasteiger partial charge in [-0.25, -0.2) is 4.79 Å². The molecule has 1 rings (SSSR count). The molecule has 0 radical (unpaired) electrons. The van der Waals surface area contributed by atoms with E-state index in [0.717, 1.165) is 4.90 Å². The molecule has 1 fully saturated rings. The molecule has 1 aliphatic heterocycles. The lowest BCUT2D eigenvalue weighted by atomic mass is 9.99. The van der Waals surface area contributed by atoms with Gasteiger partial charge in [-0.05, 0) is 18.8 Å². The highest BCUT2D eigenvalue weighted by Gasteiger charge is 2.39. The monoisotopic (exact) mass is 430 g/mol. The van der Waals surface area contributed by atoms with Crippen molar-refractivity contribution in [2.24, 2.45) is 11.7 Å². The van der Waals surface area contributed by atoms with Crippen molar-refractivity contribution in [3.05, 3.63) is 0 Å². The quantitative estimate of drug-likeness (QED) is 0.212. The lowest BCUT2D eigenvalue weighted by Crippen LogP contribution is -2.58. The third-order valence-corrected chi connectivity index (χ3v) is 5.19. The van der Waals surface area contributed by atoms with Crippen LogP contribution in [0.4, 0.5) is 0 Å². The van der Waals surface area contributed by atoms with Gasteiger partial charge in [0.2, 0.25) is 17.7 Å². The molecule has 5 atom stereocenters. The third-order valence-electron chi connectivity index (χ3n) is 5.19. The topological polar surface area (TPSA) is 199 Å². The second kappa shape index (κ2) is 11.5. The Morgan fingerprint density at radius 1 is 1.13 bits per heavy atom. The molecule has 12 nitrogen and oxygen atoms in total. The highest BCUT2D eigenvalue weighted by Crippen LogP contribution is 2.20. The Kier molecular flexibility index (Phi) is 9.66. The molecule has 0 saturated carbocycles. The van der Waals surface area contributed by atoms with Gasteiger partial charge in [0.05, 0.1) is 19.1 Å². The van der Waals surface area contributed by atoms with Gasteiger partial charge in [-0.3, -0.25) is 19.2 Å². The summed E-state index contributed by atoms with van der Waals surface area (Å²) < 4.78 is 0. The summed E-state index contributed by atoms with van der Waals surface area (Å²) in [5.74, 6) is -5.17. The lowest BCUT2D eigenvalue weighted by Gasteiger charge is -2.29. The van der Waals surface area contributed by atoms with Crippen molar-refractivity contribution in [3.8, 4) is 0 Å². The van der Waals surface area contributed by atoms with Crippen LogP contribution in [0, 0.1) is 5.92 Å². The van der Waals surface area contributed by atoms with Crippen LogP contribution < -0.4 is 16.4 Å². The van der Waals surface area contributed by atoms with E-state index in [2.05, 4.69) is 10.6 Å². The number of nitrogens with zero attached hydrogens (tertiary/aromatic N) is 1. The molecule has 5 unspecified atom stereocenters. The standard InChI is InChI=1S/C18H30N4O8/c1-3-9(2)14(19)16(27)20-10(7-13(24)25)17(28)22-6-4-5-12(22)15(26)21-11(8-23)18(29)30/h9-12,14,23H,3-8,19H2,1-2H3,(H,20,27)(H,21,26)(H,24,25)(H,29,30). The van der Waals surface area contributed by atoms with Crippen molar-refractivity contribution in [1.29, 1.82) is 0 Å². The Morgan fingerprint density at radius 2 is 1.77 bits per heavy atom. The fraction of sp³-hybridized carbons (Fsp3) is 0.722. The molecular formula is C18H30N4O8. The van der Waals surface area contributed by atoms with E-state index in [1.807, 2.05) is 6.92 Å². The maximum atomic E-state index is 12.9. The summed E-state index contributed by atoms with van der Waals surface area (Å²) in [7, 11) is 0. The molecular weight excluding hydrogens is 400 g/mol. The normalized spacial score (nSPS) is 20.0. The van der Waals surface area contributed by atoms with E-state index in [9.17, 15) is 24.0 Å². The van der Waals surface area contributed by atoms with Crippen LogP contribution in [-0.2, 0) is 24.0 Å². The SMILES string of the molecule is CCC(C)C(N)C(=O)NC(CC(=O)O)C(=O)N1CCCC1C(=O)NC(CO)C(=O)O. The van der Waals surface area contributed by atoms with Gasteiger partial charge in [0.15, 0.2) is 0 Å². The van der Waals surface area contributed by atoms with Crippen molar-refractivity contribution >= 4 is 29.7 Å². The van der Waals surface area contributed by atoms with Crippen molar-refractivity contribution < 1.29 is 39.3 Å². The number of nitrogens with one attached hydrogen (secondary N) is 2. The number of nitrogens with two attached hydrogens (primary N) is 1. The first kappa shape index (κ1) is 25.3. The van der Waals surface area contributed by atoms with Gasteiger partial charge in [-0.1, -0.05) is 20.3 Å². The predicted molar refractivity (Wildman–Crippen MR) is 103 cm³/mol. The van der Waals surface area contributed by atoms with Crippen LogP contribution in [0.1, 0.15) is 39.5 Å². The van der Waals surface area contributed by atoms with Gasteiger partial charge in [-0.2, -0.15) is 0 Å². The second-order valence-electron chi connectivity index (χ2n) is 7.34. The Labute approximate surface area is 173 Å². The molecule has 0 aromatic rings. The molecule has 170 valence electrons. The molecule has 30 heavy (non-hydrogen) atoms. The van der Waals surface area contributed by atoms with Crippen molar-refractivity contribution in [2.45, 2.75) is 63.7 Å². The van der Waals surface area contributed by atoms with Crippen LogP contribution in [0.3, 0.4) is 0 Å². The zero-order chi connectivity index (χ0) is 23.0. The van der Waals surface area contributed by atoms with Gasteiger partial charge >= 0.3 is 11.9 Å². The van der Waals surface area contributed by atoms with Crippen LogP contribution in [0.2, 0.25) is 0 Å². The highest BCUT2D eigenvalue weighted by molar-refractivity contribution is 5.96. The summed E-state index contributed by atoms with van der Waals surface area (Å²) in [6.07, 6.45) is 0.573. The van der Waals surface area contributed by atoms with Gasteiger partial charge < -0.3 is 36.6 Å². The number of aliphatic carboxylic acids is 2. The number of amides is 3. The first-order chi connectivity index (χ1) is 14.0. The number of rotatable bonds is 11. The summed E-state index contributed by atoms with van der Waals surface area (Å²) in [6, 6.07) is -4.93. The van der Waals surface area contributed by atoms with Crippen LogP contribution in [0.5, 0.6) is 0 Å². The van der Waals surface area contributed by atoms with Crippen molar-refractivity contribution in [3.63, 3.8) is 0 Å². The second-order valence-corrected chi connectivity index (χ2v) is 7.34. The molecule has 7 N–H and O–H groups in total. The van der Waals surface area contributed by atoms with Gasteiger partial charge in [0, 0.05) is 6.54 Å². The molecule has 1 heterocycles. The van der Waals surface area contributed by atoms with E-state index in [1.165, 1.54) is 0 Å². The number of carbonyl (C=O) groups is 5. The van der Waals surface area contributed by atoms with E-state index in [1.54, 1.807) is 6.92 Å². The summed E-state index contributed by atoms with van der Waals surface area (Å²) >= 11 is 0. The Balaban J connectivity index is 2.96. The summed E-state index contributed by atoms with van der Waals surface area (Å²) in [6.45, 7) is 2.89. The van der Waals surface area contributed by atoms with Crippen LogP contribution >= 0.6 is 0 Å². The Hall–Kier alpha value is -2.73. The van der Waals surface area contributed by atoms with E-state index in [-0.39, 0.29) is 18.9 Å². The zero-order valence-corrected chi connectivity index (χ0v) is 17.0. The highest BCUT2D eigenvalue weighted by atomic mass is 16.4. The molecule has 12 heteroatoms. The number of carboxylic acids is 2. The zero-order valence-electron chi connectivity index (χ0n) is 17.0. The lowest BCUT2D eigenvalue weighted by molar-refractivity contribution is -0.147. The molecule has 1 aliphatic rings. The molecule has 0 bridgehead atoms. The Morgan fingerprint density at radius 3 is 2.27 bits per heavy atom. The third kappa shape index (κ3) is 6.66. The van der Waals surface area contributed by atoms with E-state index < -0.39 is 66.9 Å². The fourth-order valence-electron chi connectivity index (χ4n) is 3.11. The van der Waals surface area contributed by atoms with Crippen molar-refractivity contribution in [2.75, 3.05) is 13.2 Å². The minimum Gasteiger partial charge on any atom is -0.481 e. The number of likely N-dealkylation sites (tertiary alicyclic amines) is 1. The maximum absolute atomic E-state index is 12.9. The number of aliphatic hydroxyl groups is 1. The number of carbonyl (C=O) groups excluding carboxylic acids is 3. The van der Waals surface area contributed by atoms with E-state index in [0.29, 0.717) is 12.8 Å². The maximum Gasteiger partial charge on any atom is 0.328 e. The first-order valence-electron chi connectivity index (χ1n) is 9.75. The summed E-state index contributed by atoms with van der Waals surface area (Å²) in [5, 5.41) is 31.7.